The Bertz CT molecular complexity index is 560. The molecule has 6 nitrogen and oxygen atoms in total. The number of rotatable bonds is 2. The van der Waals surface area contributed by atoms with Gasteiger partial charge in [0.2, 0.25) is 21.9 Å². The van der Waals surface area contributed by atoms with Gasteiger partial charge in [0.05, 0.1) is 19.0 Å². The van der Waals surface area contributed by atoms with Crippen molar-refractivity contribution in [1.29, 1.82) is 0 Å². The number of fused-ring (bicyclic) bond motifs is 1. The molecule has 0 spiro atoms. The highest BCUT2D eigenvalue weighted by Crippen LogP contribution is 2.43. The topological polar surface area (TPSA) is 66.9 Å². The number of sulfonamides is 1. The van der Waals surface area contributed by atoms with Gasteiger partial charge >= 0.3 is 0 Å². The van der Waals surface area contributed by atoms with E-state index in [0.717, 1.165) is 6.26 Å². The molecule has 0 aromatic rings. The van der Waals surface area contributed by atoms with Crippen LogP contribution in [0.4, 0.5) is 8.78 Å². The molecule has 3 fully saturated rings. The standard InChI is InChI=1S/C13H20F2N2O4S/c1-22(19,20)17-2-3-21-11-8-16(6-10(11)7-17)12(18)9-4-13(14,15)5-9/h9-11H,2-8H2,1H3/t10-,11-/m0/s1. The van der Waals surface area contributed by atoms with Gasteiger partial charge in [0.15, 0.2) is 0 Å². The van der Waals surface area contributed by atoms with Crippen molar-refractivity contribution in [2.24, 2.45) is 11.8 Å². The Kier molecular flexibility index (Phi) is 3.93. The second kappa shape index (κ2) is 5.38. The molecule has 0 unspecified atom stereocenters. The van der Waals surface area contributed by atoms with Gasteiger partial charge in [-0.25, -0.2) is 17.2 Å². The fourth-order valence-corrected chi connectivity index (χ4v) is 4.31. The number of carbonyl (C=O) groups excluding carboxylic acids is 1. The molecule has 22 heavy (non-hydrogen) atoms. The van der Waals surface area contributed by atoms with Gasteiger partial charge in [-0.05, 0) is 0 Å². The van der Waals surface area contributed by atoms with Crippen LogP contribution in [0.2, 0.25) is 0 Å². The first-order valence-electron chi connectivity index (χ1n) is 7.39. The molecule has 0 radical (unpaired) electrons. The Morgan fingerprint density at radius 3 is 2.50 bits per heavy atom. The molecule has 0 aromatic heterocycles. The molecule has 3 aliphatic rings. The summed E-state index contributed by atoms with van der Waals surface area (Å²) in [6, 6.07) is 0. The maximum atomic E-state index is 12.9. The van der Waals surface area contributed by atoms with E-state index in [-0.39, 0.29) is 37.4 Å². The average molecular weight is 338 g/mol. The van der Waals surface area contributed by atoms with E-state index in [4.69, 9.17) is 4.74 Å². The molecule has 0 N–H and O–H groups in total. The molecule has 9 heteroatoms. The summed E-state index contributed by atoms with van der Waals surface area (Å²) in [6.45, 7) is 1.65. The third-order valence-electron chi connectivity index (χ3n) is 4.71. The molecule has 2 saturated heterocycles. The molecule has 3 rings (SSSR count). The lowest BCUT2D eigenvalue weighted by Gasteiger charge is -2.36. The molecule has 1 aliphatic carbocycles. The summed E-state index contributed by atoms with van der Waals surface area (Å²) in [5.74, 6) is -3.67. The molecular formula is C13H20F2N2O4S. The monoisotopic (exact) mass is 338 g/mol. The second-order valence-corrected chi connectivity index (χ2v) is 8.48. The maximum absolute atomic E-state index is 12.9. The molecule has 0 aromatic carbocycles. The third-order valence-corrected chi connectivity index (χ3v) is 5.98. The number of hydrogen-bond acceptors (Lipinski definition) is 4. The van der Waals surface area contributed by atoms with E-state index in [1.807, 2.05) is 0 Å². The number of amides is 1. The molecule has 2 atom stereocenters. The van der Waals surface area contributed by atoms with Gasteiger partial charge in [-0.2, -0.15) is 4.31 Å². The fraction of sp³-hybridized carbons (Fsp3) is 0.923. The van der Waals surface area contributed by atoms with E-state index in [1.165, 1.54) is 4.31 Å². The highest BCUT2D eigenvalue weighted by Gasteiger charge is 2.51. The van der Waals surface area contributed by atoms with E-state index in [0.29, 0.717) is 26.2 Å². The second-order valence-electron chi connectivity index (χ2n) is 6.49. The summed E-state index contributed by atoms with van der Waals surface area (Å²) in [7, 11) is -3.30. The normalized spacial score (nSPS) is 33.1. The lowest BCUT2D eigenvalue weighted by atomic mass is 9.80. The number of halogens is 2. The number of carbonyl (C=O) groups is 1. The van der Waals surface area contributed by atoms with Crippen molar-refractivity contribution in [3.63, 3.8) is 0 Å². The predicted molar refractivity (Wildman–Crippen MR) is 73.9 cm³/mol. The highest BCUT2D eigenvalue weighted by molar-refractivity contribution is 7.88. The smallest absolute Gasteiger partial charge is 0.249 e. The van der Waals surface area contributed by atoms with Gasteiger partial charge in [-0.3, -0.25) is 4.79 Å². The Labute approximate surface area is 128 Å². The van der Waals surface area contributed by atoms with Crippen molar-refractivity contribution in [2.75, 3.05) is 39.0 Å². The van der Waals surface area contributed by atoms with Crippen LogP contribution in [-0.4, -0.2) is 74.6 Å². The van der Waals surface area contributed by atoms with Crippen LogP contribution >= 0.6 is 0 Å². The number of alkyl halides is 2. The minimum absolute atomic E-state index is 0.0956. The first kappa shape index (κ1) is 16.1. The molecule has 126 valence electrons. The van der Waals surface area contributed by atoms with Gasteiger partial charge in [0.25, 0.3) is 0 Å². The van der Waals surface area contributed by atoms with Crippen molar-refractivity contribution in [2.45, 2.75) is 24.9 Å². The van der Waals surface area contributed by atoms with Gasteiger partial charge in [0.1, 0.15) is 0 Å². The lowest BCUT2D eigenvalue weighted by Crippen LogP contribution is -2.46. The van der Waals surface area contributed by atoms with Crippen LogP contribution in [0.1, 0.15) is 12.8 Å². The van der Waals surface area contributed by atoms with E-state index in [1.54, 1.807) is 4.90 Å². The van der Waals surface area contributed by atoms with Gasteiger partial charge in [0, 0.05) is 50.9 Å². The summed E-state index contributed by atoms with van der Waals surface area (Å²) >= 11 is 0. The highest BCUT2D eigenvalue weighted by atomic mass is 32.2. The van der Waals surface area contributed by atoms with Crippen LogP contribution < -0.4 is 0 Å². The Morgan fingerprint density at radius 1 is 1.23 bits per heavy atom. The fourth-order valence-electron chi connectivity index (χ4n) is 3.44. The first-order chi connectivity index (χ1) is 10.2. The van der Waals surface area contributed by atoms with Crippen LogP contribution in [0.15, 0.2) is 0 Å². The largest absolute Gasteiger partial charge is 0.375 e. The molecule has 1 saturated carbocycles. The Morgan fingerprint density at radius 2 is 1.91 bits per heavy atom. The summed E-state index contributed by atoms with van der Waals surface area (Å²) in [5, 5.41) is 0. The molecule has 1 amide bonds. The molecule has 0 bridgehead atoms. The van der Waals surface area contributed by atoms with E-state index in [2.05, 4.69) is 0 Å². The average Bonchev–Trinajstić information content (AvgIpc) is 2.65. The Hall–Kier alpha value is -0.800. The van der Waals surface area contributed by atoms with Crippen LogP contribution in [0, 0.1) is 11.8 Å². The molecular weight excluding hydrogens is 318 g/mol. The van der Waals surface area contributed by atoms with E-state index in [9.17, 15) is 22.0 Å². The summed E-state index contributed by atoms with van der Waals surface area (Å²) < 4.78 is 56.2. The zero-order chi connectivity index (χ0) is 16.1. The van der Waals surface area contributed by atoms with Crippen LogP contribution in [0.5, 0.6) is 0 Å². The lowest BCUT2D eigenvalue weighted by molar-refractivity contribution is -0.159. The van der Waals surface area contributed by atoms with E-state index < -0.39 is 21.9 Å². The third kappa shape index (κ3) is 3.11. The SMILES string of the molecule is CS(=O)(=O)N1CCO[C@H]2CN(C(=O)C3CC(F)(F)C3)C[C@H]2C1. The van der Waals surface area contributed by atoms with Crippen molar-refractivity contribution in [3.05, 3.63) is 0 Å². The van der Waals surface area contributed by atoms with Crippen molar-refractivity contribution < 1.29 is 26.7 Å². The summed E-state index contributed by atoms with van der Waals surface area (Å²) in [6.07, 6.45) is 0.181. The summed E-state index contributed by atoms with van der Waals surface area (Å²) in [4.78, 5) is 13.8. The number of likely N-dealkylation sites (tertiary alicyclic amines) is 1. The minimum atomic E-state index is -3.30. The molecule has 2 heterocycles. The number of hydrogen-bond donors (Lipinski definition) is 0. The van der Waals surface area contributed by atoms with Crippen molar-refractivity contribution in [3.8, 4) is 0 Å². The van der Waals surface area contributed by atoms with Crippen LogP contribution in [-0.2, 0) is 19.6 Å². The maximum Gasteiger partial charge on any atom is 0.249 e. The first-order valence-corrected chi connectivity index (χ1v) is 9.24. The van der Waals surface area contributed by atoms with E-state index >= 15 is 0 Å². The number of ether oxygens (including phenoxy) is 1. The van der Waals surface area contributed by atoms with Crippen molar-refractivity contribution in [1.82, 2.24) is 9.21 Å². The predicted octanol–water partition coefficient (Wildman–Crippen LogP) is 0.150. The number of nitrogens with zero attached hydrogens (tertiary/aromatic N) is 2. The van der Waals surface area contributed by atoms with Gasteiger partial charge < -0.3 is 9.64 Å². The minimum Gasteiger partial charge on any atom is -0.375 e. The molecule has 2 aliphatic heterocycles. The van der Waals surface area contributed by atoms with Crippen LogP contribution in [0.25, 0.3) is 0 Å². The summed E-state index contributed by atoms with van der Waals surface area (Å²) in [5.41, 5.74) is 0. The zero-order valence-corrected chi connectivity index (χ0v) is 13.2. The Balaban J connectivity index is 1.63. The van der Waals surface area contributed by atoms with Gasteiger partial charge in [-0.1, -0.05) is 0 Å². The zero-order valence-electron chi connectivity index (χ0n) is 12.4. The quantitative estimate of drug-likeness (QED) is 0.719. The van der Waals surface area contributed by atoms with Gasteiger partial charge in [-0.15, -0.1) is 0 Å². The van der Waals surface area contributed by atoms with Crippen LogP contribution in [0.3, 0.4) is 0 Å². The van der Waals surface area contributed by atoms with Crippen molar-refractivity contribution >= 4 is 15.9 Å².